The fraction of sp³-hybridized carbons (Fsp3) is 0.375. The molecule has 1 heterocycles. The van der Waals surface area contributed by atoms with Crippen molar-refractivity contribution < 1.29 is 58.2 Å². The summed E-state index contributed by atoms with van der Waals surface area (Å²) in [5.74, 6) is 0. The average molecular weight is 208 g/mol. The smallest absolute Gasteiger partial charge is 0.391 e. The van der Waals surface area contributed by atoms with Crippen molar-refractivity contribution in [2.45, 2.75) is 20.8 Å². The molecule has 0 radical (unpaired) electrons. The molecule has 0 aromatic carbocycles. The van der Waals surface area contributed by atoms with Crippen molar-refractivity contribution in [3.63, 3.8) is 0 Å². The summed E-state index contributed by atoms with van der Waals surface area (Å²) in [6, 6.07) is 5.64. The summed E-state index contributed by atoms with van der Waals surface area (Å²) in [6.45, 7) is 5.94. The number of rotatable bonds is 0. The zero-order valence-electron chi connectivity index (χ0n) is 7.18. The van der Waals surface area contributed by atoms with Crippen molar-refractivity contribution in [2.75, 3.05) is 0 Å². The van der Waals surface area contributed by atoms with Crippen LogP contribution in [0.1, 0.15) is 19.5 Å². The molecule has 0 aliphatic carbocycles. The van der Waals surface area contributed by atoms with Gasteiger partial charge in [0.25, 0.3) is 0 Å². The Hall–Kier alpha value is 0.955. The van der Waals surface area contributed by atoms with Gasteiger partial charge in [0.2, 0.25) is 0 Å². The van der Waals surface area contributed by atoms with Gasteiger partial charge in [0, 0.05) is 0 Å². The second-order valence-electron chi connectivity index (χ2n) is 1.41. The summed E-state index contributed by atoms with van der Waals surface area (Å²) in [5, 5.41) is 0. The Morgan fingerprint density at radius 3 is 2.20 bits per heavy atom. The average Bonchev–Trinajstić information content (AvgIpc) is 1.94. The van der Waals surface area contributed by atoms with Crippen molar-refractivity contribution in [2.24, 2.45) is 0 Å². The number of aromatic nitrogens is 1. The van der Waals surface area contributed by atoms with Crippen molar-refractivity contribution in [3.05, 3.63) is 30.1 Å². The van der Waals surface area contributed by atoms with Gasteiger partial charge in [-0.25, -0.2) is 0 Å². The third-order valence-electron chi connectivity index (χ3n) is 0.749. The van der Waals surface area contributed by atoms with E-state index in [0.29, 0.717) is 0 Å². The topological polar surface area (TPSA) is 12.9 Å². The first-order chi connectivity index (χ1) is 4.39. The van der Waals surface area contributed by atoms with Gasteiger partial charge in [-0.15, -0.1) is 0 Å². The Balaban J connectivity index is 0. The van der Waals surface area contributed by atoms with Crippen LogP contribution in [-0.2, 0) is 0 Å². The fourth-order valence-electron chi connectivity index (χ4n) is 0.407. The van der Waals surface area contributed by atoms with E-state index in [4.69, 9.17) is 0 Å². The molecule has 0 saturated heterocycles. The van der Waals surface area contributed by atoms with Crippen LogP contribution in [0, 0.1) is 13.1 Å². The van der Waals surface area contributed by atoms with E-state index >= 15 is 0 Å². The minimum Gasteiger partial charge on any atom is -0.391 e. The van der Waals surface area contributed by atoms with Gasteiger partial charge < -0.3 is 4.98 Å². The molecule has 0 amide bonds. The molecule has 50 valence electrons. The number of pyridine rings is 1. The molecular weight excluding hydrogens is 196 g/mol. The first-order valence-corrected chi connectivity index (χ1v) is 3.19. The molecule has 0 saturated carbocycles. The Kier molecular flexibility index (Phi) is 13.5. The summed E-state index contributed by atoms with van der Waals surface area (Å²) < 4.78 is 0. The van der Waals surface area contributed by atoms with E-state index in [9.17, 15) is 0 Å². The van der Waals surface area contributed by atoms with Crippen molar-refractivity contribution in [1.29, 1.82) is 0 Å². The Morgan fingerprint density at radius 1 is 1.40 bits per heavy atom. The van der Waals surface area contributed by atoms with E-state index in [-0.39, 0.29) is 58.2 Å². The van der Waals surface area contributed by atoms with Crippen LogP contribution in [0.2, 0.25) is 0 Å². The van der Waals surface area contributed by atoms with E-state index in [2.05, 4.69) is 11.2 Å². The van der Waals surface area contributed by atoms with Gasteiger partial charge in [-0.2, -0.15) is 18.2 Å². The molecular formula is C8H12NRb. The predicted octanol–water partition coefficient (Wildman–Crippen LogP) is -0.780. The molecule has 1 aromatic heterocycles. The predicted molar refractivity (Wildman–Crippen MR) is 39.2 cm³/mol. The summed E-state index contributed by atoms with van der Waals surface area (Å²) in [6.07, 6.45) is 2.71. The molecule has 0 aliphatic rings. The minimum atomic E-state index is 0. The summed E-state index contributed by atoms with van der Waals surface area (Å²) in [7, 11) is 0. The maximum atomic E-state index is 3.85. The van der Waals surface area contributed by atoms with E-state index in [1.165, 1.54) is 0 Å². The zero-order chi connectivity index (χ0) is 7.11. The largest absolute Gasteiger partial charge is 1.00 e. The standard InChI is InChI=1S/C6H6N.C2H6.Rb/c1-6-4-2-3-5-7-6;1-2;/h2-4H,1H3;1-2H3;/q-1;;+1. The van der Waals surface area contributed by atoms with E-state index in [0.717, 1.165) is 5.69 Å². The van der Waals surface area contributed by atoms with E-state index in [1.807, 2.05) is 32.9 Å². The molecule has 0 bridgehead atoms. The molecule has 1 rings (SSSR count). The molecule has 0 N–H and O–H groups in total. The Bertz CT molecular complexity index is 139. The maximum absolute atomic E-state index is 3.85. The Morgan fingerprint density at radius 2 is 2.00 bits per heavy atom. The monoisotopic (exact) mass is 207 g/mol. The van der Waals surface area contributed by atoms with Gasteiger partial charge >= 0.3 is 58.2 Å². The fourth-order valence-corrected chi connectivity index (χ4v) is 0.407. The first-order valence-electron chi connectivity index (χ1n) is 3.19. The minimum absolute atomic E-state index is 0. The molecule has 1 aromatic rings. The van der Waals surface area contributed by atoms with E-state index < -0.39 is 0 Å². The number of aryl methyl sites for hydroxylation is 1. The van der Waals surface area contributed by atoms with Gasteiger partial charge in [-0.05, 0) is 0 Å². The summed E-state index contributed by atoms with van der Waals surface area (Å²) in [4.78, 5) is 3.85. The molecule has 0 spiro atoms. The third-order valence-corrected chi connectivity index (χ3v) is 0.749. The molecule has 0 fully saturated rings. The molecule has 2 heteroatoms. The first kappa shape index (κ1) is 13.5. The third kappa shape index (κ3) is 7.07. The maximum Gasteiger partial charge on any atom is 1.00 e. The van der Waals surface area contributed by atoms with Crippen LogP contribution in [0.4, 0.5) is 0 Å². The number of nitrogens with zero attached hydrogens (tertiary/aromatic N) is 1. The second-order valence-corrected chi connectivity index (χ2v) is 1.41. The van der Waals surface area contributed by atoms with Crippen LogP contribution in [0.25, 0.3) is 0 Å². The molecule has 1 nitrogen and oxygen atoms in total. The van der Waals surface area contributed by atoms with Crippen LogP contribution >= 0.6 is 0 Å². The molecule has 0 atom stereocenters. The van der Waals surface area contributed by atoms with Gasteiger partial charge in [-0.3, -0.25) is 0 Å². The van der Waals surface area contributed by atoms with Crippen LogP contribution in [0.5, 0.6) is 0 Å². The molecule has 10 heavy (non-hydrogen) atoms. The van der Waals surface area contributed by atoms with Gasteiger partial charge in [0.15, 0.2) is 0 Å². The van der Waals surface area contributed by atoms with Gasteiger partial charge in [-0.1, -0.05) is 32.7 Å². The number of hydrogen-bond donors (Lipinski definition) is 0. The van der Waals surface area contributed by atoms with Crippen LogP contribution in [0.3, 0.4) is 0 Å². The molecule has 0 aliphatic heterocycles. The van der Waals surface area contributed by atoms with Crippen LogP contribution < -0.4 is 58.2 Å². The number of hydrogen-bond acceptors (Lipinski definition) is 1. The summed E-state index contributed by atoms with van der Waals surface area (Å²) >= 11 is 0. The van der Waals surface area contributed by atoms with E-state index in [1.54, 1.807) is 6.07 Å². The van der Waals surface area contributed by atoms with Crippen LogP contribution in [-0.4, -0.2) is 4.98 Å². The van der Waals surface area contributed by atoms with Crippen molar-refractivity contribution >= 4 is 0 Å². The quantitative estimate of drug-likeness (QED) is 0.509. The molecule has 0 unspecified atom stereocenters. The van der Waals surface area contributed by atoms with Gasteiger partial charge in [0.05, 0.1) is 0 Å². The van der Waals surface area contributed by atoms with Crippen molar-refractivity contribution in [3.8, 4) is 0 Å². The normalized spacial score (nSPS) is 6.70. The van der Waals surface area contributed by atoms with Crippen molar-refractivity contribution in [1.82, 2.24) is 4.98 Å². The SMILES string of the molecule is CC.Cc1ccc[c-]n1.[Rb+]. The second kappa shape index (κ2) is 9.96. The zero-order valence-corrected chi connectivity index (χ0v) is 12.1. The summed E-state index contributed by atoms with van der Waals surface area (Å²) in [5.41, 5.74) is 1.02. The van der Waals surface area contributed by atoms with Gasteiger partial charge in [0.1, 0.15) is 0 Å². The van der Waals surface area contributed by atoms with Crippen LogP contribution in [0.15, 0.2) is 18.2 Å². The Labute approximate surface area is 112 Å².